The molecule has 0 fully saturated rings. The molecule has 1 aliphatic heterocycles. The number of hydrogen-bond acceptors (Lipinski definition) is 3. The molecule has 1 atom stereocenters. The number of aromatic nitrogens is 2. The lowest BCUT2D eigenvalue weighted by Crippen LogP contribution is -2.26. The average molecular weight is 229 g/mol. The van der Waals surface area contributed by atoms with Gasteiger partial charge in [-0.15, -0.1) is 0 Å². The minimum absolute atomic E-state index is 0.0426. The van der Waals surface area contributed by atoms with Gasteiger partial charge in [0.15, 0.2) is 0 Å². The average Bonchev–Trinajstić information content (AvgIpc) is 3.07. The lowest BCUT2D eigenvalue weighted by atomic mass is 9.80. The molecule has 0 radical (unpaired) electrons. The summed E-state index contributed by atoms with van der Waals surface area (Å²) in [6.07, 6.45) is 7.67. The molecule has 0 spiro atoms. The first-order valence-corrected chi connectivity index (χ1v) is 5.67. The maximum Gasteiger partial charge on any atom is 0.139 e. The van der Waals surface area contributed by atoms with Crippen molar-refractivity contribution in [3.05, 3.63) is 30.2 Å². The van der Waals surface area contributed by atoms with Crippen molar-refractivity contribution >= 4 is 11.9 Å². The van der Waals surface area contributed by atoms with Gasteiger partial charge in [-0.1, -0.05) is 13.8 Å². The SMILES string of the molecule is COc1cn2ccnc2cc1C(C)(C)C1C=N1. The van der Waals surface area contributed by atoms with Gasteiger partial charge in [-0.2, -0.15) is 0 Å². The number of rotatable bonds is 3. The fourth-order valence-corrected chi connectivity index (χ4v) is 2.18. The normalized spacial score (nSPS) is 18.6. The maximum atomic E-state index is 5.48. The van der Waals surface area contributed by atoms with Gasteiger partial charge in [0, 0.05) is 29.6 Å². The Morgan fingerprint density at radius 2 is 2.18 bits per heavy atom. The highest BCUT2D eigenvalue weighted by Gasteiger charge is 2.37. The highest BCUT2D eigenvalue weighted by atomic mass is 16.5. The molecule has 1 aliphatic rings. The van der Waals surface area contributed by atoms with E-state index in [0.717, 1.165) is 17.0 Å². The molecule has 0 bridgehead atoms. The number of methoxy groups -OCH3 is 1. The second-order valence-corrected chi connectivity index (χ2v) is 4.91. The largest absolute Gasteiger partial charge is 0.495 e. The fraction of sp³-hybridized carbons (Fsp3) is 0.385. The monoisotopic (exact) mass is 229 g/mol. The molecule has 0 N–H and O–H groups in total. The van der Waals surface area contributed by atoms with Gasteiger partial charge in [0.1, 0.15) is 11.4 Å². The summed E-state index contributed by atoms with van der Waals surface area (Å²) in [5.41, 5.74) is 2.05. The van der Waals surface area contributed by atoms with Crippen molar-refractivity contribution in [3.8, 4) is 5.75 Å². The Morgan fingerprint density at radius 3 is 2.82 bits per heavy atom. The molecule has 88 valence electrons. The highest BCUT2D eigenvalue weighted by molar-refractivity contribution is 5.81. The Bertz CT molecular complexity index is 592. The van der Waals surface area contributed by atoms with Crippen LogP contribution in [-0.2, 0) is 5.41 Å². The van der Waals surface area contributed by atoms with Gasteiger partial charge in [-0.25, -0.2) is 4.98 Å². The summed E-state index contributed by atoms with van der Waals surface area (Å²) in [5, 5.41) is 0. The Morgan fingerprint density at radius 1 is 1.41 bits per heavy atom. The van der Waals surface area contributed by atoms with Crippen LogP contribution >= 0.6 is 0 Å². The number of nitrogens with zero attached hydrogens (tertiary/aromatic N) is 3. The molecule has 2 aromatic rings. The Balaban J connectivity index is 2.18. The van der Waals surface area contributed by atoms with Crippen LogP contribution in [0.5, 0.6) is 5.75 Å². The number of hydrogen-bond donors (Lipinski definition) is 0. The molecule has 0 saturated carbocycles. The molecule has 3 heterocycles. The third kappa shape index (κ3) is 1.52. The molecule has 4 heteroatoms. The van der Waals surface area contributed by atoms with Gasteiger partial charge < -0.3 is 9.14 Å². The zero-order valence-electron chi connectivity index (χ0n) is 10.2. The van der Waals surface area contributed by atoms with Crippen molar-refractivity contribution in [2.75, 3.05) is 7.11 Å². The molecule has 0 amide bonds. The molecule has 2 aromatic heterocycles. The summed E-state index contributed by atoms with van der Waals surface area (Å²) in [6.45, 7) is 4.36. The van der Waals surface area contributed by atoms with Crippen LogP contribution in [0.1, 0.15) is 19.4 Å². The van der Waals surface area contributed by atoms with Crippen molar-refractivity contribution in [3.63, 3.8) is 0 Å². The summed E-state index contributed by atoms with van der Waals surface area (Å²) in [4.78, 5) is 8.60. The van der Waals surface area contributed by atoms with Gasteiger partial charge in [-0.3, -0.25) is 4.99 Å². The third-order valence-corrected chi connectivity index (χ3v) is 3.45. The lowest BCUT2D eigenvalue weighted by molar-refractivity contribution is 0.390. The summed E-state index contributed by atoms with van der Waals surface area (Å²) >= 11 is 0. The van der Waals surface area contributed by atoms with Crippen LogP contribution in [0.25, 0.3) is 5.65 Å². The van der Waals surface area contributed by atoms with E-state index in [2.05, 4.69) is 29.9 Å². The van der Waals surface area contributed by atoms with Crippen molar-refractivity contribution in [1.82, 2.24) is 9.38 Å². The smallest absolute Gasteiger partial charge is 0.139 e. The minimum Gasteiger partial charge on any atom is -0.495 e. The van der Waals surface area contributed by atoms with E-state index in [4.69, 9.17) is 4.74 Å². The highest BCUT2D eigenvalue weighted by Crippen LogP contribution is 2.38. The number of fused-ring (bicyclic) bond motifs is 1. The van der Waals surface area contributed by atoms with E-state index in [-0.39, 0.29) is 11.5 Å². The van der Waals surface area contributed by atoms with Crippen molar-refractivity contribution in [2.45, 2.75) is 25.3 Å². The summed E-state index contributed by atoms with van der Waals surface area (Å²) < 4.78 is 7.45. The van der Waals surface area contributed by atoms with E-state index in [1.165, 1.54) is 0 Å². The number of imidazole rings is 1. The third-order valence-electron chi connectivity index (χ3n) is 3.45. The summed E-state index contributed by atoms with van der Waals surface area (Å²) in [5.74, 6) is 0.885. The van der Waals surface area contributed by atoms with Gasteiger partial charge in [-0.05, 0) is 6.07 Å². The van der Waals surface area contributed by atoms with Crippen LogP contribution in [0.2, 0.25) is 0 Å². The van der Waals surface area contributed by atoms with Gasteiger partial charge >= 0.3 is 0 Å². The van der Waals surface area contributed by atoms with E-state index in [0.29, 0.717) is 0 Å². The molecule has 0 aromatic carbocycles. The van der Waals surface area contributed by atoms with Crippen LogP contribution < -0.4 is 4.74 Å². The van der Waals surface area contributed by atoms with Crippen molar-refractivity contribution in [1.29, 1.82) is 0 Å². The quantitative estimate of drug-likeness (QED) is 0.808. The standard InChI is InChI=1S/C13H15N3O/c1-13(2,11-7-15-11)9-6-12-14-4-5-16(12)8-10(9)17-3/h4-8,11H,1-3H3. The summed E-state index contributed by atoms with van der Waals surface area (Å²) in [6, 6.07) is 2.37. The molecule has 0 saturated heterocycles. The van der Waals surface area contributed by atoms with E-state index in [1.54, 1.807) is 13.3 Å². The second kappa shape index (κ2) is 3.32. The molecule has 3 rings (SSSR count). The molecule has 0 aliphatic carbocycles. The lowest BCUT2D eigenvalue weighted by Gasteiger charge is -2.25. The van der Waals surface area contributed by atoms with Crippen LogP contribution in [0.3, 0.4) is 0 Å². The molecule has 1 unspecified atom stereocenters. The predicted molar refractivity (Wildman–Crippen MR) is 67.1 cm³/mol. The van der Waals surface area contributed by atoms with E-state index in [1.807, 2.05) is 23.0 Å². The van der Waals surface area contributed by atoms with E-state index in [9.17, 15) is 0 Å². The van der Waals surface area contributed by atoms with E-state index >= 15 is 0 Å². The van der Waals surface area contributed by atoms with Gasteiger partial charge in [0.25, 0.3) is 0 Å². The number of pyridine rings is 1. The first-order chi connectivity index (χ1) is 8.13. The number of ether oxygens (including phenoxy) is 1. The van der Waals surface area contributed by atoms with Crippen molar-refractivity contribution < 1.29 is 4.74 Å². The zero-order valence-corrected chi connectivity index (χ0v) is 10.2. The van der Waals surface area contributed by atoms with Crippen molar-refractivity contribution in [2.24, 2.45) is 4.99 Å². The zero-order chi connectivity index (χ0) is 12.0. The molecule has 4 nitrogen and oxygen atoms in total. The first kappa shape index (κ1) is 10.3. The Hall–Kier alpha value is -1.84. The van der Waals surface area contributed by atoms with Gasteiger partial charge in [0.2, 0.25) is 0 Å². The van der Waals surface area contributed by atoms with Crippen LogP contribution in [0, 0.1) is 0 Å². The molecule has 17 heavy (non-hydrogen) atoms. The number of aliphatic imine (C=N–C) groups is 1. The topological polar surface area (TPSA) is 38.9 Å². The first-order valence-electron chi connectivity index (χ1n) is 5.67. The second-order valence-electron chi connectivity index (χ2n) is 4.91. The maximum absolute atomic E-state index is 5.48. The predicted octanol–water partition coefficient (Wildman–Crippen LogP) is 2.07. The molecular weight excluding hydrogens is 214 g/mol. The summed E-state index contributed by atoms with van der Waals surface area (Å²) in [7, 11) is 1.70. The van der Waals surface area contributed by atoms with Crippen LogP contribution in [0.4, 0.5) is 0 Å². The van der Waals surface area contributed by atoms with Crippen LogP contribution in [0.15, 0.2) is 29.6 Å². The van der Waals surface area contributed by atoms with Gasteiger partial charge in [0.05, 0.1) is 19.3 Å². The van der Waals surface area contributed by atoms with E-state index < -0.39 is 0 Å². The Kier molecular flexibility index (Phi) is 2.02. The minimum atomic E-state index is -0.0426. The fourth-order valence-electron chi connectivity index (χ4n) is 2.18. The molecular formula is C13H15N3O. The van der Waals surface area contributed by atoms with Crippen LogP contribution in [-0.4, -0.2) is 28.8 Å². The Labute approximate surface area is 100.0 Å².